The number of rotatable bonds is 11. The van der Waals surface area contributed by atoms with Crippen LogP contribution in [0.2, 0.25) is 0 Å². The normalized spacial score (nSPS) is 23.4. The second-order valence-electron chi connectivity index (χ2n) is 14.4. The predicted octanol–water partition coefficient (Wildman–Crippen LogP) is 5.04. The van der Waals surface area contributed by atoms with Gasteiger partial charge in [0.1, 0.15) is 18.2 Å². The number of likely N-dealkylation sites (N-methyl/N-ethyl adjacent to an activating group) is 1. The highest BCUT2D eigenvalue weighted by Gasteiger charge is 2.39. The molecular weight excluding hydrogens is 580 g/mol. The van der Waals surface area contributed by atoms with Gasteiger partial charge in [0.2, 0.25) is 17.7 Å². The average molecular weight is 637 g/mol. The van der Waals surface area contributed by atoms with Crippen molar-refractivity contribution < 1.29 is 23.9 Å². The van der Waals surface area contributed by atoms with Gasteiger partial charge < -0.3 is 19.9 Å². The maximum Gasteiger partial charge on any atom is 0.329 e. The summed E-state index contributed by atoms with van der Waals surface area (Å²) < 4.78 is 5.97. The van der Waals surface area contributed by atoms with Gasteiger partial charge in [0.25, 0.3) is 0 Å². The quantitative estimate of drug-likeness (QED) is 0.270. The minimum atomic E-state index is -0.683. The third-order valence-electron chi connectivity index (χ3n) is 10.1. The summed E-state index contributed by atoms with van der Waals surface area (Å²) in [6.07, 6.45) is 7.38. The van der Waals surface area contributed by atoms with Gasteiger partial charge in [0.15, 0.2) is 0 Å². The average Bonchev–Trinajstić information content (AvgIpc) is 3.68. The summed E-state index contributed by atoms with van der Waals surface area (Å²) in [5.41, 5.74) is 2.76. The molecule has 1 aliphatic carbocycles. The standard InChI is InChI=1S/C37H56N4O5/c1-23(2)31(39(8)36(44)33(24(3)4)38-34(42)29-16-11-12-20-40(29)25(5)6)22-26(7)35(43)41-21-13-17-30(41)37(45)46-32-19-18-27-14-9-10-15-28(27)32/h9-10,14-15,22-25,29-33H,11-13,16-21H2,1-8H3,(H,38,42)/t29-,30+,31-,32+,33+/m1/s1. The second kappa shape index (κ2) is 15.6. The summed E-state index contributed by atoms with van der Waals surface area (Å²) in [5, 5.41) is 3.10. The molecule has 3 amide bonds. The van der Waals surface area contributed by atoms with Crippen molar-refractivity contribution in [3.63, 3.8) is 0 Å². The lowest BCUT2D eigenvalue weighted by Crippen LogP contribution is -2.58. The minimum Gasteiger partial charge on any atom is -0.456 e. The lowest BCUT2D eigenvalue weighted by Gasteiger charge is -2.39. The molecule has 9 nitrogen and oxygen atoms in total. The van der Waals surface area contributed by atoms with Crippen molar-refractivity contribution in [1.29, 1.82) is 0 Å². The van der Waals surface area contributed by atoms with Crippen molar-refractivity contribution in [2.45, 2.75) is 130 Å². The van der Waals surface area contributed by atoms with E-state index in [0.717, 1.165) is 50.6 Å². The van der Waals surface area contributed by atoms with Crippen LogP contribution in [0.4, 0.5) is 0 Å². The van der Waals surface area contributed by atoms with E-state index in [9.17, 15) is 19.2 Å². The van der Waals surface area contributed by atoms with Crippen LogP contribution in [-0.4, -0.2) is 88.7 Å². The number of nitrogens with zero attached hydrogens (tertiary/aromatic N) is 3. The zero-order valence-electron chi connectivity index (χ0n) is 29.3. The summed E-state index contributed by atoms with van der Waals surface area (Å²) in [7, 11) is 1.75. The molecule has 0 aromatic heterocycles. The molecule has 0 radical (unpaired) electrons. The number of nitrogens with one attached hydrogen (secondary N) is 1. The smallest absolute Gasteiger partial charge is 0.329 e. The Morgan fingerprint density at radius 1 is 0.913 bits per heavy atom. The third kappa shape index (κ3) is 8.01. The predicted molar refractivity (Wildman–Crippen MR) is 180 cm³/mol. The first-order chi connectivity index (χ1) is 21.8. The van der Waals surface area contributed by atoms with E-state index in [1.54, 1.807) is 23.8 Å². The van der Waals surface area contributed by atoms with Crippen LogP contribution in [0.1, 0.15) is 104 Å². The van der Waals surface area contributed by atoms with E-state index in [1.165, 1.54) is 5.56 Å². The van der Waals surface area contributed by atoms with Crippen molar-refractivity contribution in [3.05, 3.63) is 47.0 Å². The summed E-state index contributed by atoms with van der Waals surface area (Å²) in [5.74, 6) is -0.931. The van der Waals surface area contributed by atoms with Crippen molar-refractivity contribution in [3.8, 4) is 0 Å². The van der Waals surface area contributed by atoms with Crippen LogP contribution in [0.15, 0.2) is 35.9 Å². The molecule has 46 heavy (non-hydrogen) atoms. The largest absolute Gasteiger partial charge is 0.456 e. The Morgan fingerprint density at radius 2 is 1.61 bits per heavy atom. The molecule has 4 rings (SSSR count). The molecule has 9 heteroatoms. The van der Waals surface area contributed by atoms with Crippen molar-refractivity contribution in [2.75, 3.05) is 20.1 Å². The van der Waals surface area contributed by atoms with Crippen molar-refractivity contribution in [1.82, 2.24) is 20.0 Å². The van der Waals surface area contributed by atoms with Crippen LogP contribution in [-0.2, 0) is 30.3 Å². The van der Waals surface area contributed by atoms with Gasteiger partial charge in [-0.2, -0.15) is 0 Å². The van der Waals surface area contributed by atoms with Gasteiger partial charge in [-0.15, -0.1) is 0 Å². The Bertz CT molecular complexity index is 1290. The Labute approximate surface area is 276 Å². The highest BCUT2D eigenvalue weighted by Crippen LogP contribution is 2.35. The fraction of sp³-hybridized carbons (Fsp3) is 0.676. The zero-order chi connectivity index (χ0) is 33.7. The molecule has 2 fully saturated rings. The van der Waals surface area contributed by atoms with Crippen LogP contribution in [0.3, 0.4) is 0 Å². The number of ether oxygens (including phenoxy) is 1. The summed E-state index contributed by atoms with van der Waals surface area (Å²) in [6, 6.07) is 6.39. The van der Waals surface area contributed by atoms with E-state index < -0.39 is 12.1 Å². The first kappa shape index (κ1) is 35.7. The molecule has 0 spiro atoms. The molecule has 5 atom stereocenters. The van der Waals surface area contributed by atoms with E-state index in [4.69, 9.17) is 4.74 Å². The number of benzene rings is 1. The number of likely N-dealkylation sites (tertiary alicyclic amines) is 2. The molecule has 2 aliphatic heterocycles. The second-order valence-corrected chi connectivity index (χ2v) is 14.4. The topological polar surface area (TPSA) is 99.3 Å². The monoisotopic (exact) mass is 636 g/mol. The van der Waals surface area contributed by atoms with Gasteiger partial charge in [-0.3, -0.25) is 19.3 Å². The summed E-state index contributed by atoms with van der Waals surface area (Å²) in [4.78, 5) is 60.1. The number of esters is 1. The highest BCUT2D eigenvalue weighted by molar-refractivity contribution is 5.96. The molecule has 0 saturated carbocycles. The molecular formula is C37H56N4O5. The van der Waals surface area contributed by atoms with Gasteiger partial charge in [0.05, 0.1) is 12.1 Å². The van der Waals surface area contributed by atoms with Gasteiger partial charge in [0, 0.05) is 25.2 Å². The molecule has 0 bridgehead atoms. The lowest BCUT2D eigenvalue weighted by molar-refractivity contribution is -0.157. The van der Waals surface area contributed by atoms with Crippen molar-refractivity contribution >= 4 is 23.7 Å². The maximum atomic E-state index is 14.0. The number of fused-ring (bicyclic) bond motifs is 1. The maximum absolute atomic E-state index is 14.0. The van der Waals surface area contributed by atoms with Crippen LogP contribution in [0, 0.1) is 11.8 Å². The number of piperidine rings is 1. The Morgan fingerprint density at radius 3 is 2.28 bits per heavy atom. The van der Waals surface area contributed by atoms with E-state index in [0.29, 0.717) is 18.5 Å². The summed E-state index contributed by atoms with van der Waals surface area (Å²) >= 11 is 0. The zero-order valence-corrected chi connectivity index (χ0v) is 29.3. The molecule has 1 aromatic rings. The Balaban J connectivity index is 1.44. The number of amides is 3. The molecule has 2 heterocycles. The minimum absolute atomic E-state index is 0.0109. The molecule has 254 valence electrons. The van der Waals surface area contributed by atoms with Crippen molar-refractivity contribution in [2.24, 2.45) is 11.8 Å². The fourth-order valence-electron chi connectivity index (χ4n) is 7.40. The van der Waals surface area contributed by atoms with Gasteiger partial charge in [-0.1, -0.05) is 64.5 Å². The van der Waals surface area contributed by atoms with Gasteiger partial charge in [-0.05, 0) is 88.8 Å². The summed E-state index contributed by atoms with van der Waals surface area (Å²) in [6.45, 7) is 15.3. The van der Waals surface area contributed by atoms with E-state index in [-0.39, 0.29) is 59.8 Å². The third-order valence-corrected chi connectivity index (χ3v) is 10.1. The number of aryl methyl sites for hydroxylation is 1. The number of hydrogen-bond donors (Lipinski definition) is 1. The van der Waals surface area contributed by atoms with E-state index in [2.05, 4.69) is 30.1 Å². The molecule has 3 aliphatic rings. The van der Waals surface area contributed by atoms with Gasteiger partial charge >= 0.3 is 5.97 Å². The van der Waals surface area contributed by atoms with Gasteiger partial charge in [-0.25, -0.2) is 4.79 Å². The SMILES string of the molecule is CC(=C[C@H](C(C)C)N(C)C(=O)[C@@H](NC(=O)[C@H]1CCCCN1C(C)C)C(C)C)C(=O)N1CCC[C@H]1C(=O)O[C@H]1CCc2ccccc21. The van der Waals surface area contributed by atoms with E-state index in [1.807, 2.05) is 52.0 Å². The first-order valence-electron chi connectivity index (χ1n) is 17.4. The lowest BCUT2D eigenvalue weighted by atomic mass is 9.95. The number of carbonyl (C=O) groups excluding carboxylic acids is 4. The molecule has 1 aromatic carbocycles. The van der Waals surface area contributed by atoms with Crippen LogP contribution < -0.4 is 5.32 Å². The highest BCUT2D eigenvalue weighted by atomic mass is 16.5. The van der Waals surface area contributed by atoms with E-state index >= 15 is 0 Å². The molecule has 1 N–H and O–H groups in total. The van der Waals surface area contributed by atoms with Crippen LogP contribution in [0.25, 0.3) is 0 Å². The van der Waals surface area contributed by atoms with Crippen LogP contribution in [0.5, 0.6) is 0 Å². The fourth-order valence-corrected chi connectivity index (χ4v) is 7.40. The molecule has 2 saturated heterocycles. The van der Waals surface area contributed by atoms with Crippen LogP contribution >= 0.6 is 0 Å². The number of hydrogen-bond acceptors (Lipinski definition) is 6. The molecule has 0 unspecified atom stereocenters. The first-order valence-corrected chi connectivity index (χ1v) is 17.4. The Hall–Kier alpha value is -3.20. The Kier molecular flexibility index (Phi) is 12.1. The number of carbonyl (C=O) groups is 4.